The quantitative estimate of drug-likeness (QED) is 0.161. The van der Waals surface area contributed by atoms with Crippen molar-refractivity contribution >= 4 is 18.5 Å². The second-order valence-electron chi connectivity index (χ2n) is 7.93. The Hall–Kier alpha value is 0.450. The van der Waals surface area contributed by atoms with Gasteiger partial charge in [0.25, 0.3) is 0 Å². The molecule has 0 bridgehead atoms. The van der Waals surface area contributed by atoms with Gasteiger partial charge in [0, 0.05) is 5.41 Å². The van der Waals surface area contributed by atoms with Gasteiger partial charge in [-0.25, -0.2) is 0 Å². The van der Waals surface area contributed by atoms with Crippen LogP contribution in [0.5, 0.6) is 0 Å². The molecule has 7 heteroatoms. The van der Waals surface area contributed by atoms with Gasteiger partial charge in [0.05, 0.1) is 19.8 Å². The number of aliphatic hydroxyl groups is 2. The van der Waals surface area contributed by atoms with E-state index in [0.717, 1.165) is 19.3 Å². The van der Waals surface area contributed by atoms with Crippen LogP contribution in [0.2, 0.25) is 0 Å². The minimum absolute atomic E-state index is 0.122. The molecule has 0 spiro atoms. The average molecular weight is 427 g/mol. The van der Waals surface area contributed by atoms with Gasteiger partial charge < -0.3 is 24.5 Å². The minimum atomic E-state index is -3.75. The van der Waals surface area contributed by atoms with Gasteiger partial charge in [0.2, 0.25) is 0 Å². The first-order valence-corrected chi connectivity index (χ1v) is 13.4. The summed E-state index contributed by atoms with van der Waals surface area (Å²) >= 11 is 4.43. The number of hydrogen-bond donors (Lipinski definition) is 4. The Labute approximate surface area is 171 Å². The van der Waals surface area contributed by atoms with E-state index in [1.54, 1.807) is 0 Å². The van der Waals surface area contributed by atoms with Gasteiger partial charge >= 0.3 is 6.72 Å². The van der Waals surface area contributed by atoms with Gasteiger partial charge in [0.15, 0.2) is 0 Å². The number of unbranched alkanes of at least 4 members (excludes halogenated alkanes) is 13. The van der Waals surface area contributed by atoms with Crippen LogP contribution in [0.15, 0.2) is 0 Å². The second kappa shape index (κ2) is 17.3. The first-order valence-electron chi connectivity index (χ1n) is 10.8. The summed E-state index contributed by atoms with van der Waals surface area (Å²) in [7, 11) is 0. The highest BCUT2D eigenvalue weighted by molar-refractivity contribution is 8.06. The summed E-state index contributed by atoms with van der Waals surface area (Å²) in [6.45, 7) is -2.12. The van der Waals surface area contributed by atoms with Crippen molar-refractivity contribution in [1.82, 2.24) is 0 Å². The van der Waals surface area contributed by atoms with E-state index in [1.807, 2.05) is 0 Å². The summed E-state index contributed by atoms with van der Waals surface area (Å²) in [6, 6.07) is 0. The summed E-state index contributed by atoms with van der Waals surface area (Å²) in [5.41, 5.74) is -0.841. The lowest BCUT2D eigenvalue weighted by Gasteiger charge is -2.30. The van der Waals surface area contributed by atoms with E-state index < -0.39 is 12.1 Å². The van der Waals surface area contributed by atoms with Crippen molar-refractivity contribution < 1.29 is 24.5 Å². The molecule has 4 N–H and O–H groups in total. The predicted molar refractivity (Wildman–Crippen MR) is 116 cm³/mol. The van der Waals surface area contributed by atoms with Crippen molar-refractivity contribution in [3.8, 4) is 0 Å². The van der Waals surface area contributed by atoms with Crippen LogP contribution in [-0.2, 0) is 16.3 Å². The SMILES string of the molecule is CCCCCCCCCCCCCCCCC(CO)(CO)COP(O)(O)=S. The fourth-order valence-corrected chi connectivity index (χ4v) is 3.89. The summed E-state index contributed by atoms with van der Waals surface area (Å²) in [4.78, 5) is 18.3. The van der Waals surface area contributed by atoms with Gasteiger partial charge in [0.1, 0.15) is 0 Å². The van der Waals surface area contributed by atoms with E-state index in [1.165, 1.54) is 70.6 Å². The molecule has 5 nitrogen and oxygen atoms in total. The molecule has 27 heavy (non-hydrogen) atoms. The van der Waals surface area contributed by atoms with Crippen molar-refractivity contribution in [2.75, 3.05) is 19.8 Å². The third kappa shape index (κ3) is 17.1. The molecule has 0 fully saturated rings. The Morgan fingerprint density at radius 2 is 1.07 bits per heavy atom. The van der Waals surface area contributed by atoms with Crippen LogP contribution in [0.4, 0.5) is 0 Å². The Morgan fingerprint density at radius 3 is 1.41 bits per heavy atom. The topological polar surface area (TPSA) is 90.2 Å². The number of rotatable bonds is 20. The Balaban J connectivity index is 3.59. The Kier molecular flexibility index (Phi) is 17.6. The highest BCUT2D eigenvalue weighted by atomic mass is 32.5. The Morgan fingerprint density at radius 1 is 0.704 bits per heavy atom. The fourth-order valence-electron chi connectivity index (χ4n) is 3.29. The normalized spacial score (nSPS) is 12.6. The van der Waals surface area contributed by atoms with Gasteiger partial charge in [-0.15, -0.1) is 0 Å². The maximum Gasteiger partial charge on any atom is 0.321 e. The van der Waals surface area contributed by atoms with Crippen LogP contribution in [0.3, 0.4) is 0 Å². The van der Waals surface area contributed by atoms with Crippen molar-refractivity contribution in [2.45, 2.75) is 103 Å². The van der Waals surface area contributed by atoms with E-state index in [9.17, 15) is 10.2 Å². The molecule has 0 unspecified atom stereocenters. The molecule has 0 amide bonds. The minimum Gasteiger partial charge on any atom is -0.396 e. The second-order valence-corrected chi connectivity index (χ2v) is 10.6. The highest BCUT2D eigenvalue weighted by Gasteiger charge is 2.30. The third-order valence-electron chi connectivity index (χ3n) is 5.27. The Bertz CT molecular complexity index is 371. The van der Waals surface area contributed by atoms with Crippen molar-refractivity contribution in [3.63, 3.8) is 0 Å². The standard InChI is InChI=1S/C20H43O5PS/c1-2-3-4-5-6-7-8-9-10-11-12-13-14-15-16-20(17-21,18-22)19-25-26(23,24)27/h21-22H,2-19H2,1H3,(H2,23,24,27). The smallest absolute Gasteiger partial charge is 0.321 e. The molecular formula is C20H43O5PS. The van der Waals surface area contributed by atoms with E-state index in [4.69, 9.17) is 14.3 Å². The van der Waals surface area contributed by atoms with Crippen molar-refractivity contribution in [2.24, 2.45) is 5.41 Å². The summed E-state index contributed by atoms with van der Waals surface area (Å²) < 4.78 is 4.86. The van der Waals surface area contributed by atoms with Crippen molar-refractivity contribution in [1.29, 1.82) is 0 Å². The molecule has 0 saturated heterocycles. The summed E-state index contributed by atoms with van der Waals surface area (Å²) in [5, 5.41) is 19.1. The molecule has 0 aliphatic heterocycles. The largest absolute Gasteiger partial charge is 0.396 e. The maximum absolute atomic E-state index is 9.55. The van der Waals surface area contributed by atoms with Crippen LogP contribution in [0.1, 0.15) is 103 Å². The summed E-state index contributed by atoms with van der Waals surface area (Å²) in [6.07, 6.45) is 18.5. The van der Waals surface area contributed by atoms with Gasteiger partial charge in [-0.05, 0) is 18.2 Å². The van der Waals surface area contributed by atoms with E-state index >= 15 is 0 Å². The molecule has 0 aromatic rings. The van der Waals surface area contributed by atoms with Crippen LogP contribution >= 0.6 is 6.72 Å². The first-order chi connectivity index (χ1) is 12.9. The zero-order chi connectivity index (χ0) is 20.4. The van der Waals surface area contributed by atoms with E-state index in [-0.39, 0.29) is 19.8 Å². The molecule has 0 saturated carbocycles. The van der Waals surface area contributed by atoms with E-state index in [2.05, 4.69) is 18.7 Å². The molecule has 0 heterocycles. The number of aliphatic hydroxyl groups excluding tert-OH is 2. The molecule has 0 aromatic heterocycles. The molecule has 0 rings (SSSR count). The van der Waals surface area contributed by atoms with Gasteiger partial charge in [-0.2, -0.15) is 0 Å². The first kappa shape index (κ1) is 27.5. The van der Waals surface area contributed by atoms with Gasteiger partial charge in [-0.3, -0.25) is 0 Å². The third-order valence-corrected chi connectivity index (χ3v) is 6.05. The molecular weight excluding hydrogens is 383 g/mol. The lowest BCUT2D eigenvalue weighted by atomic mass is 9.85. The summed E-state index contributed by atoms with van der Waals surface area (Å²) in [5.74, 6) is 0. The fraction of sp³-hybridized carbons (Fsp3) is 1.00. The van der Waals surface area contributed by atoms with Crippen LogP contribution in [-0.4, -0.2) is 39.8 Å². The highest BCUT2D eigenvalue weighted by Crippen LogP contribution is 2.39. The monoisotopic (exact) mass is 426 g/mol. The molecule has 0 aliphatic carbocycles. The average Bonchev–Trinajstić information content (AvgIpc) is 2.64. The van der Waals surface area contributed by atoms with Crippen molar-refractivity contribution in [3.05, 3.63) is 0 Å². The molecule has 0 aliphatic rings. The van der Waals surface area contributed by atoms with Crippen LogP contribution in [0.25, 0.3) is 0 Å². The lowest BCUT2D eigenvalue weighted by molar-refractivity contribution is 0.00244. The maximum atomic E-state index is 9.55. The zero-order valence-corrected chi connectivity index (χ0v) is 19.0. The number of hydrogen-bond acceptors (Lipinski definition) is 4. The zero-order valence-electron chi connectivity index (χ0n) is 17.3. The lowest BCUT2D eigenvalue weighted by Crippen LogP contribution is -2.34. The molecule has 0 radical (unpaired) electrons. The molecule has 0 aromatic carbocycles. The van der Waals surface area contributed by atoms with E-state index in [0.29, 0.717) is 6.42 Å². The molecule has 164 valence electrons. The van der Waals surface area contributed by atoms with Crippen LogP contribution in [0, 0.1) is 5.41 Å². The van der Waals surface area contributed by atoms with Crippen LogP contribution < -0.4 is 0 Å². The predicted octanol–water partition coefficient (Wildman–Crippen LogP) is 5.05. The van der Waals surface area contributed by atoms with Gasteiger partial charge in [-0.1, -0.05) is 96.8 Å². The molecule has 0 atom stereocenters.